The molecule has 0 bridgehead atoms. The Kier molecular flexibility index (Phi) is 4.86. The highest BCUT2D eigenvalue weighted by atomic mass is 79.9. The van der Waals surface area contributed by atoms with Crippen LogP contribution < -0.4 is 5.76 Å². The Hall–Kier alpha value is -2.33. The lowest BCUT2D eigenvalue weighted by atomic mass is 10.2. The molecule has 0 aliphatic heterocycles. The van der Waals surface area contributed by atoms with E-state index < -0.39 is 11.6 Å². The van der Waals surface area contributed by atoms with Crippen molar-refractivity contribution in [3.05, 3.63) is 44.7 Å². The maximum atomic E-state index is 13.4. The molecular weight excluding hydrogens is 387 g/mol. The molecule has 2 aromatic heterocycles. The van der Waals surface area contributed by atoms with Crippen LogP contribution in [-0.4, -0.2) is 33.8 Å². The van der Waals surface area contributed by atoms with Gasteiger partial charge in [-0.05, 0) is 52.1 Å². The minimum absolute atomic E-state index is 0.132. The Morgan fingerprint density at radius 1 is 1.33 bits per heavy atom. The Bertz CT molecular complexity index is 904. The van der Waals surface area contributed by atoms with Gasteiger partial charge < -0.3 is 4.74 Å². The van der Waals surface area contributed by atoms with E-state index in [0.29, 0.717) is 30.8 Å². The first-order valence-electron chi connectivity index (χ1n) is 6.96. The second-order valence-electron chi connectivity index (χ2n) is 4.86. The van der Waals surface area contributed by atoms with E-state index >= 15 is 0 Å². The van der Waals surface area contributed by atoms with Gasteiger partial charge in [-0.1, -0.05) is 10.3 Å². The molecule has 8 nitrogen and oxygen atoms in total. The lowest BCUT2D eigenvalue weighted by Gasteiger charge is -2.04. The molecule has 0 atom stereocenters. The summed E-state index contributed by atoms with van der Waals surface area (Å²) in [5.74, 6) is -1.05. The van der Waals surface area contributed by atoms with E-state index in [0.717, 1.165) is 0 Å². The molecule has 3 aromatic rings. The summed E-state index contributed by atoms with van der Waals surface area (Å²) in [7, 11) is 1.60. The summed E-state index contributed by atoms with van der Waals surface area (Å²) in [6, 6.07) is 4.10. The Morgan fingerprint density at radius 3 is 2.92 bits per heavy atom. The highest BCUT2D eigenvalue weighted by molar-refractivity contribution is 9.10. The number of benzene rings is 1. The third-order valence-electron chi connectivity index (χ3n) is 3.30. The molecule has 0 spiro atoms. The maximum absolute atomic E-state index is 13.4. The average molecular weight is 399 g/mol. The van der Waals surface area contributed by atoms with Crippen LogP contribution in [0.3, 0.4) is 0 Å². The number of hydrogen-bond donors (Lipinski definition) is 0. The van der Waals surface area contributed by atoms with Gasteiger partial charge in [0.25, 0.3) is 0 Å². The zero-order valence-corrected chi connectivity index (χ0v) is 14.1. The molecule has 2 heterocycles. The van der Waals surface area contributed by atoms with E-state index in [1.165, 1.54) is 22.8 Å². The van der Waals surface area contributed by atoms with Crippen molar-refractivity contribution in [3.8, 4) is 17.2 Å². The topological polar surface area (TPSA) is 96.2 Å². The number of aryl methyl sites for hydroxylation is 1. The van der Waals surface area contributed by atoms with Crippen LogP contribution in [0.4, 0.5) is 4.39 Å². The summed E-state index contributed by atoms with van der Waals surface area (Å²) in [6.45, 7) is 0.544. The Labute approximate surface area is 143 Å². The zero-order chi connectivity index (χ0) is 17.1. The molecule has 0 unspecified atom stereocenters. The van der Waals surface area contributed by atoms with Crippen LogP contribution in [0, 0.1) is 5.82 Å². The smallest absolute Gasteiger partial charge is 0.385 e. The first-order chi connectivity index (χ1) is 11.6. The molecule has 24 heavy (non-hydrogen) atoms. The van der Waals surface area contributed by atoms with Gasteiger partial charge in [0.1, 0.15) is 11.5 Å². The second-order valence-corrected chi connectivity index (χ2v) is 5.72. The molecular formula is C14H12BrFN4O4. The number of ether oxygens (including phenoxy) is 1. The quantitative estimate of drug-likeness (QED) is 0.587. The van der Waals surface area contributed by atoms with E-state index in [1.54, 1.807) is 7.11 Å². The average Bonchev–Trinajstić information content (AvgIpc) is 3.17. The number of aromatic nitrogens is 4. The van der Waals surface area contributed by atoms with Crippen LogP contribution in [0.2, 0.25) is 0 Å². The molecule has 3 rings (SSSR count). The number of nitrogens with zero attached hydrogens (tertiary/aromatic N) is 4. The van der Waals surface area contributed by atoms with Crippen LogP contribution in [0.15, 0.2) is 36.6 Å². The number of hydrogen-bond acceptors (Lipinski definition) is 7. The number of halogens is 2. The van der Waals surface area contributed by atoms with Crippen LogP contribution in [-0.2, 0) is 11.2 Å². The monoisotopic (exact) mass is 398 g/mol. The van der Waals surface area contributed by atoms with E-state index in [1.807, 2.05) is 0 Å². The van der Waals surface area contributed by atoms with Crippen molar-refractivity contribution < 1.29 is 18.3 Å². The summed E-state index contributed by atoms with van der Waals surface area (Å²) in [5.41, 5.74) is 1.18. The minimum atomic E-state index is -0.727. The summed E-state index contributed by atoms with van der Waals surface area (Å²) < 4.78 is 29.3. The summed E-state index contributed by atoms with van der Waals surface area (Å²) in [6.07, 6.45) is 1.22. The molecule has 126 valence electrons. The predicted molar refractivity (Wildman–Crippen MR) is 83.2 cm³/mol. The predicted octanol–water partition coefficient (Wildman–Crippen LogP) is 2.36. The molecule has 0 saturated heterocycles. The highest BCUT2D eigenvalue weighted by Crippen LogP contribution is 2.24. The zero-order valence-electron chi connectivity index (χ0n) is 12.5. The van der Waals surface area contributed by atoms with Crippen molar-refractivity contribution >= 4 is 15.9 Å². The molecule has 10 heteroatoms. The van der Waals surface area contributed by atoms with Gasteiger partial charge in [0, 0.05) is 13.7 Å². The summed E-state index contributed by atoms with van der Waals surface area (Å²) in [5, 5.41) is 11.4. The fraction of sp³-hybridized carbons (Fsp3) is 0.286. The molecule has 0 fully saturated rings. The first kappa shape index (κ1) is 16.5. The minimum Gasteiger partial charge on any atom is -0.385 e. The van der Waals surface area contributed by atoms with Gasteiger partial charge >= 0.3 is 5.76 Å². The van der Waals surface area contributed by atoms with Crippen molar-refractivity contribution in [2.24, 2.45) is 0 Å². The van der Waals surface area contributed by atoms with Gasteiger partial charge in [-0.25, -0.2) is 18.4 Å². The van der Waals surface area contributed by atoms with Gasteiger partial charge in [-0.2, -0.15) is 0 Å². The Balaban J connectivity index is 2.04. The van der Waals surface area contributed by atoms with E-state index in [-0.39, 0.29) is 16.0 Å². The van der Waals surface area contributed by atoms with E-state index in [9.17, 15) is 9.18 Å². The van der Waals surface area contributed by atoms with E-state index in [4.69, 9.17) is 13.9 Å². The Morgan fingerprint density at radius 2 is 2.17 bits per heavy atom. The molecule has 0 aliphatic rings. The van der Waals surface area contributed by atoms with Gasteiger partial charge in [-0.15, -0.1) is 0 Å². The van der Waals surface area contributed by atoms with Crippen molar-refractivity contribution in [2.45, 2.75) is 12.8 Å². The maximum Gasteiger partial charge on any atom is 0.446 e. The van der Waals surface area contributed by atoms with Crippen LogP contribution in [0.25, 0.3) is 17.2 Å². The van der Waals surface area contributed by atoms with Crippen molar-refractivity contribution in [1.82, 2.24) is 20.0 Å². The fourth-order valence-corrected chi connectivity index (χ4v) is 2.54. The standard InChI is InChI=1S/C14H12BrFN4O4/c1-22-6-2-3-11-12(18-24-17-11)13-19-23-14(21)20(13)8-4-5-10(16)9(15)7-8/h4-5,7H,2-3,6H2,1H3. The largest absolute Gasteiger partial charge is 0.446 e. The fourth-order valence-electron chi connectivity index (χ4n) is 2.18. The third kappa shape index (κ3) is 3.15. The van der Waals surface area contributed by atoms with E-state index in [2.05, 4.69) is 31.4 Å². The van der Waals surface area contributed by atoms with Gasteiger partial charge in [-0.3, -0.25) is 4.52 Å². The van der Waals surface area contributed by atoms with Crippen LogP contribution >= 0.6 is 15.9 Å². The molecule has 0 N–H and O–H groups in total. The van der Waals surface area contributed by atoms with Crippen molar-refractivity contribution in [1.29, 1.82) is 0 Å². The van der Waals surface area contributed by atoms with Crippen molar-refractivity contribution in [2.75, 3.05) is 13.7 Å². The molecule has 0 radical (unpaired) electrons. The number of methoxy groups -OCH3 is 1. The molecule has 0 aliphatic carbocycles. The molecule has 0 saturated carbocycles. The molecule has 0 amide bonds. The SMILES string of the molecule is COCCCc1nonc1-c1noc(=O)n1-c1ccc(F)c(Br)c1. The first-order valence-corrected chi connectivity index (χ1v) is 7.76. The van der Waals surface area contributed by atoms with Gasteiger partial charge in [0.15, 0.2) is 5.69 Å². The van der Waals surface area contributed by atoms with Crippen LogP contribution in [0.5, 0.6) is 0 Å². The normalized spacial score (nSPS) is 11.1. The second kappa shape index (κ2) is 7.05. The lowest BCUT2D eigenvalue weighted by Crippen LogP contribution is -2.14. The van der Waals surface area contributed by atoms with Crippen molar-refractivity contribution in [3.63, 3.8) is 0 Å². The summed E-state index contributed by atoms with van der Waals surface area (Å²) in [4.78, 5) is 12.0. The van der Waals surface area contributed by atoms with Gasteiger partial charge in [0.2, 0.25) is 5.82 Å². The summed E-state index contributed by atoms with van der Waals surface area (Å²) >= 11 is 3.08. The third-order valence-corrected chi connectivity index (χ3v) is 3.90. The van der Waals surface area contributed by atoms with Crippen LogP contribution in [0.1, 0.15) is 12.1 Å². The highest BCUT2D eigenvalue weighted by Gasteiger charge is 2.22. The van der Waals surface area contributed by atoms with Gasteiger partial charge in [0.05, 0.1) is 10.2 Å². The lowest BCUT2D eigenvalue weighted by molar-refractivity contribution is 0.194. The number of rotatable bonds is 6. The molecule has 1 aromatic carbocycles.